The molecule has 142 valence electrons. The molecule has 3 rings (SSSR count). The molecule has 0 fully saturated rings. The Labute approximate surface area is 157 Å². The highest BCUT2D eigenvalue weighted by molar-refractivity contribution is 6.05. The zero-order chi connectivity index (χ0) is 19.6. The number of fused-ring (bicyclic) bond motifs is 1. The predicted molar refractivity (Wildman–Crippen MR) is 101 cm³/mol. The topological polar surface area (TPSA) is 49.4 Å². The van der Waals surface area contributed by atoms with E-state index >= 15 is 0 Å². The molecular formula is C21H22F2N2O2. The summed E-state index contributed by atoms with van der Waals surface area (Å²) in [5.41, 5.74) is 1.61. The molecule has 2 aromatic carbocycles. The highest BCUT2D eigenvalue weighted by Crippen LogP contribution is 2.31. The highest BCUT2D eigenvalue weighted by Gasteiger charge is 2.25. The van der Waals surface area contributed by atoms with Crippen LogP contribution in [0.2, 0.25) is 0 Å². The van der Waals surface area contributed by atoms with Crippen LogP contribution in [0.25, 0.3) is 0 Å². The maximum absolute atomic E-state index is 13.8. The standard InChI is InChI=1S/C21H22F2N2O2/c1-13(2)10-11-25-18-8-7-15(12-14(18)6-9-19(25)26)24-21(27)20-16(22)4-3-5-17(20)23/h3-5,7-8,12-13H,6,9-11H2,1-2H3,(H,24,27). The molecule has 1 N–H and O–H groups in total. The minimum Gasteiger partial charge on any atom is -0.322 e. The van der Waals surface area contributed by atoms with Crippen molar-refractivity contribution in [2.24, 2.45) is 5.92 Å². The lowest BCUT2D eigenvalue weighted by Crippen LogP contribution is -2.36. The van der Waals surface area contributed by atoms with Gasteiger partial charge in [0.1, 0.15) is 17.2 Å². The van der Waals surface area contributed by atoms with Crippen LogP contribution in [0, 0.1) is 17.6 Å². The Balaban J connectivity index is 1.82. The van der Waals surface area contributed by atoms with Gasteiger partial charge in [-0.2, -0.15) is 0 Å². The van der Waals surface area contributed by atoms with Crippen molar-refractivity contribution >= 4 is 23.2 Å². The van der Waals surface area contributed by atoms with E-state index in [0.29, 0.717) is 31.0 Å². The zero-order valence-electron chi connectivity index (χ0n) is 15.4. The molecule has 0 saturated carbocycles. The second-order valence-corrected chi connectivity index (χ2v) is 7.12. The predicted octanol–water partition coefficient (Wildman–Crippen LogP) is 4.54. The fourth-order valence-electron chi connectivity index (χ4n) is 3.18. The molecule has 0 aromatic heterocycles. The minimum absolute atomic E-state index is 0.0911. The summed E-state index contributed by atoms with van der Waals surface area (Å²) in [6.45, 7) is 4.86. The third kappa shape index (κ3) is 4.15. The number of hydrogen-bond donors (Lipinski definition) is 1. The lowest BCUT2D eigenvalue weighted by atomic mass is 9.99. The van der Waals surface area contributed by atoms with Crippen molar-refractivity contribution in [1.82, 2.24) is 0 Å². The fraction of sp³-hybridized carbons (Fsp3) is 0.333. The van der Waals surface area contributed by atoms with Crippen LogP contribution < -0.4 is 10.2 Å². The molecule has 0 radical (unpaired) electrons. The Morgan fingerprint density at radius 1 is 1.15 bits per heavy atom. The number of nitrogens with one attached hydrogen (secondary N) is 1. The molecule has 27 heavy (non-hydrogen) atoms. The Kier molecular flexibility index (Phi) is 5.54. The average Bonchev–Trinajstić information content (AvgIpc) is 2.60. The maximum atomic E-state index is 13.8. The normalized spacial score (nSPS) is 13.7. The summed E-state index contributed by atoms with van der Waals surface area (Å²) in [6, 6.07) is 8.49. The summed E-state index contributed by atoms with van der Waals surface area (Å²) in [6.07, 6.45) is 1.88. The number of nitrogens with zero attached hydrogens (tertiary/aromatic N) is 1. The van der Waals surface area contributed by atoms with Crippen molar-refractivity contribution < 1.29 is 18.4 Å². The van der Waals surface area contributed by atoms with Gasteiger partial charge in [-0.15, -0.1) is 0 Å². The molecule has 4 nitrogen and oxygen atoms in total. The highest BCUT2D eigenvalue weighted by atomic mass is 19.1. The summed E-state index contributed by atoms with van der Waals surface area (Å²) in [5, 5.41) is 2.54. The SMILES string of the molecule is CC(C)CCN1C(=O)CCc2cc(NC(=O)c3c(F)cccc3F)ccc21. The van der Waals surface area contributed by atoms with Crippen molar-refractivity contribution in [3.05, 3.63) is 59.2 Å². The molecule has 1 aliphatic rings. The Hall–Kier alpha value is -2.76. The summed E-state index contributed by atoms with van der Waals surface area (Å²) >= 11 is 0. The van der Waals surface area contributed by atoms with Crippen molar-refractivity contribution in [2.45, 2.75) is 33.1 Å². The van der Waals surface area contributed by atoms with Crippen molar-refractivity contribution in [1.29, 1.82) is 0 Å². The van der Waals surface area contributed by atoms with Gasteiger partial charge in [0.25, 0.3) is 5.91 Å². The molecule has 0 saturated heterocycles. The molecule has 0 unspecified atom stereocenters. The second kappa shape index (κ2) is 7.86. The average molecular weight is 372 g/mol. The summed E-state index contributed by atoms with van der Waals surface area (Å²) in [5.74, 6) is -2.08. The molecule has 0 atom stereocenters. The van der Waals surface area contributed by atoms with Gasteiger partial charge in [-0.05, 0) is 54.7 Å². The lowest BCUT2D eigenvalue weighted by molar-refractivity contribution is -0.118. The first kappa shape index (κ1) is 19.0. The summed E-state index contributed by atoms with van der Waals surface area (Å²) < 4.78 is 27.6. The van der Waals surface area contributed by atoms with Crippen LogP contribution in [-0.2, 0) is 11.2 Å². The molecule has 1 heterocycles. The van der Waals surface area contributed by atoms with E-state index in [9.17, 15) is 18.4 Å². The van der Waals surface area contributed by atoms with Gasteiger partial charge in [-0.25, -0.2) is 8.78 Å². The van der Waals surface area contributed by atoms with E-state index in [4.69, 9.17) is 0 Å². The van der Waals surface area contributed by atoms with Gasteiger partial charge in [-0.1, -0.05) is 19.9 Å². The van der Waals surface area contributed by atoms with Crippen LogP contribution >= 0.6 is 0 Å². The first-order valence-electron chi connectivity index (χ1n) is 9.05. The number of halogens is 2. The molecule has 2 amide bonds. The minimum atomic E-state index is -0.907. The van der Waals surface area contributed by atoms with Crippen molar-refractivity contribution in [2.75, 3.05) is 16.8 Å². The van der Waals surface area contributed by atoms with Gasteiger partial charge < -0.3 is 10.2 Å². The van der Waals surface area contributed by atoms with E-state index in [1.165, 1.54) is 6.07 Å². The number of anilines is 2. The zero-order valence-corrected chi connectivity index (χ0v) is 15.4. The Morgan fingerprint density at radius 2 is 1.85 bits per heavy atom. The molecule has 1 aliphatic heterocycles. The number of benzene rings is 2. The van der Waals surface area contributed by atoms with Gasteiger partial charge in [0, 0.05) is 24.3 Å². The first-order chi connectivity index (χ1) is 12.9. The summed E-state index contributed by atoms with van der Waals surface area (Å²) in [4.78, 5) is 26.3. The Morgan fingerprint density at radius 3 is 2.52 bits per heavy atom. The van der Waals surface area contributed by atoms with Crippen LogP contribution in [0.1, 0.15) is 42.6 Å². The quantitative estimate of drug-likeness (QED) is 0.838. The lowest BCUT2D eigenvalue weighted by Gasteiger charge is -2.30. The molecular weight excluding hydrogens is 350 g/mol. The molecule has 0 bridgehead atoms. The van der Waals surface area contributed by atoms with E-state index in [1.54, 1.807) is 23.1 Å². The molecule has 0 aliphatic carbocycles. The van der Waals surface area contributed by atoms with Crippen LogP contribution in [-0.4, -0.2) is 18.4 Å². The Bertz CT molecular complexity index is 860. The fourth-order valence-corrected chi connectivity index (χ4v) is 3.18. The van der Waals surface area contributed by atoms with E-state index in [2.05, 4.69) is 19.2 Å². The van der Waals surface area contributed by atoms with Gasteiger partial charge in [0.15, 0.2) is 0 Å². The number of amides is 2. The van der Waals surface area contributed by atoms with Crippen LogP contribution in [0.4, 0.5) is 20.2 Å². The van der Waals surface area contributed by atoms with Crippen LogP contribution in [0.3, 0.4) is 0 Å². The largest absolute Gasteiger partial charge is 0.322 e. The van der Waals surface area contributed by atoms with E-state index in [0.717, 1.165) is 29.8 Å². The third-order valence-corrected chi connectivity index (χ3v) is 4.66. The maximum Gasteiger partial charge on any atom is 0.261 e. The number of carbonyl (C=O) groups excluding carboxylic acids is 2. The van der Waals surface area contributed by atoms with E-state index < -0.39 is 23.1 Å². The van der Waals surface area contributed by atoms with E-state index in [1.807, 2.05) is 0 Å². The van der Waals surface area contributed by atoms with Gasteiger partial charge in [0.05, 0.1) is 0 Å². The number of carbonyl (C=O) groups is 2. The van der Waals surface area contributed by atoms with E-state index in [-0.39, 0.29) is 5.91 Å². The molecule has 2 aromatic rings. The van der Waals surface area contributed by atoms with Crippen molar-refractivity contribution in [3.8, 4) is 0 Å². The van der Waals surface area contributed by atoms with Gasteiger partial charge >= 0.3 is 0 Å². The smallest absolute Gasteiger partial charge is 0.261 e. The molecule has 0 spiro atoms. The third-order valence-electron chi connectivity index (χ3n) is 4.66. The van der Waals surface area contributed by atoms with Gasteiger partial charge in [0.2, 0.25) is 5.91 Å². The van der Waals surface area contributed by atoms with Crippen molar-refractivity contribution in [3.63, 3.8) is 0 Å². The summed E-state index contributed by atoms with van der Waals surface area (Å²) in [7, 11) is 0. The second-order valence-electron chi connectivity index (χ2n) is 7.12. The first-order valence-corrected chi connectivity index (χ1v) is 9.05. The number of hydrogen-bond acceptors (Lipinski definition) is 2. The number of rotatable bonds is 5. The van der Waals surface area contributed by atoms with Crippen LogP contribution in [0.5, 0.6) is 0 Å². The monoisotopic (exact) mass is 372 g/mol. The molecule has 6 heteroatoms. The van der Waals surface area contributed by atoms with Gasteiger partial charge in [-0.3, -0.25) is 9.59 Å². The van der Waals surface area contributed by atoms with Crippen LogP contribution in [0.15, 0.2) is 36.4 Å². The number of aryl methyl sites for hydroxylation is 1.